The maximum absolute atomic E-state index is 5.95. The molecule has 0 aliphatic heterocycles. The molecule has 0 amide bonds. The lowest BCUT2D eigenvalue weighted by molar-refractivity contribution is 0.498. The maximum atomic E-state index is 5.95. The summed E-state index contributed by atoms with van der Waals surface area (Å²) in [6.07, 6.45) is 2.59. The largest absolute Gasteiger partial charge is 0.469 e. The van der Waals surface area contributed by atoms with Gasteiger partial charge in [0.25, 0.3) is 0 Å². The lowest BCUT2D eigenvalue weighted by atomic mass is 10.2. The van der Waals surface area contributed by atoms with Crippen LogP contribution < -0.4 is 5.32 Å². The van der Waals surface area contributed by atoms with Gasteiger partial charge in [-0.15, -0.1) is 0 Å². The third-order valence-electron chi connectivity index (χ3n) is 2.45. The fourth-order valence-electron chi connectivity index (χ4n) is 1.57. The molecule has 2 nitrogen and oxygen atoms in total. The van der Waals surface area contributed by atoms with Crippen LogP contribution in [0.15, 0.2) is 45.5 Å². The molecule has 1 heterocycles. The van der Waals surface area contributed by atoms with Crippen LogP contribution in [0.3, 0.4) is 0 Å². The second-order valence-electron chi connectivity index (χ2n) is 3.74. The van der Waals surface area contributed by atoms with Crippen molar-refractivity contribution in [3.8, 4) is 0 Å². The summed E-state index contributed by atoms with van der Waals surface area (Å²) in [4.78, 5) is 0. The number of hydrogen-bond acceptors (Lipinski definition) is 2. The van der Waals surface area contributed by atoms with E-state index in [9.17, 15) is 0 Å². The number of halogens is 2. The molecule has 2 aromatic rings. The van der Waals surface area contributed by atoms with Crippen molar-refractivity contribution < 1.29 is 4.42 Å². The first-order chi connectivity index (χ1) is 8.25. The Balaban J connectivity index is 1.80. The zero-order valence-electron chi connectivity index (χ0n) is 9.25. The molecule has 0 fully saturated rings. The van der Waals surface area contributed by atoms with E-state index in [1.54, 1.807) is 6.26 Å². The summed E-state index contributed by atoms with van der Waals surface area (Å²) in [5.74, 6) is 1.00. The van der Waals surface area contributed by atoms with Crippen molar-refractivity contribution in [1.82, 2.24) is 5.32 Å². The predicted molar refractivity (Wildman–Crippen MR) is 73.3 cm³/mol. The molecule has 4 heteroatoms. The smallest absolute Gasteiger partial charge is 0.105 e. The van der Waals surface area contributed by atoms with E-state index in [0.717, 1.165) is 40.3 Å². The summed E-state index contributed by atoms with van der Waals surface area (Å²) in [7, 11) is 0. The van der Waals surface area contributed by atoms with E-state index in [1.807, 2.05) is 30.3 Å². The van der Waals surface area contributed by atoms with Crippen molar-refractivity contribution in [2.45, 2.75) is 13.0 Å². The SMILES string of the molecule is Clc1ccc(Br)c(CNCCc2ccco2)c1. The fourth-order valence-corrected chi connectivity index (χ4v) is 2.15. The van der Waals surface area contributed by atoms with Crippen LogP contribution in [0.5, 0.6) is 0 Å². The number of rotatable bonds is 5. The molecule has 0 bridgehead atoms. The predicted octanol–water partition coefficient (Wildman–Crippen LogP) is 4.03. The molecule has 0 aliphatic carbocycles. The van der Waals surface area contributed by atoms with Crippen LogP contribution in [0.4, 0.5) is 0 Å². The number of nitrogens with one attached hydrogen (secondary N) is 1. The Morgan fingerprint density at radius 1 is 1.29 bits per heavy atom. The monoisotopic (exact) mass is 313 g/mol. The van der Waals surface area contributed by atoms with Crippen LogP contribution in [0.2, 0.25) is 5.02 Å². The highest BCUT2D eigenvalue weighted by molar-refractivity contribution is 9.10. The van der Waals surface area contributed by atoms with E-state index in [2.05, 4.69) is 21.2 Å². The van der Waals surface area contributed by atoms with E-state index >= 15 is 0 Å². The topological polar surface area (TPSA) is 25.2 Å². The van der Waals surface area contributed by atoms with Crippen LogP contribution in [-0.2, 0) is 13.0 Å². The summed E-state index contributed by atoms with van der Waals surface area (Å²) >= 11 is 9.45. The molecule has 1 aromatic carbocycles. The number of hydrogen-bond donors (Lipinski definition) is 1. The normalized spacial score (nSPS) is 10.7. The third-order valence-corrected chi connectivity index (χ3v) is 3.46. The van der Waals surface area contributed by atoms with Gasteiger partial charge in [0.05, 0.1) is 6.26 Å². The highest BCUT2D eigenvalue weighted by Gasteiger charge is 2.01. The van der Waals surface area contributed by atoms with Crippen LogP contribution in [0.25, 0.3) is 0 Å². The Bertz CT molecular complexity index is 470. The Morgan fingerprint density at radius 3 is 2.94 bits per heavy atom. The number of furan rings is 1. The second-order valence-corrected chi connectivity index (χ2v) is 5.03. The van der Waals surface area contributed by atoms with Crippen molar-refractivity contribution in [3.63, 3.8) is 0 Å². The van der Waals surface area contributed by atoms with Crippen molar-refractivity contribution in [2.75, 3.05) is 6.54 Å². The molecule has 0 spiro atoms. The van der Waals surface area contributed by atoms with Gasteiger partial charge in [-0.2, -0.15) is 0 Å². The summed E-state index contributed by atoms with van der Waals surface area (Å²) < 4.78 is 6.33. The molecule has 0 unspecified atom stereocenters. The minimum absolute atomic E-state index is 0.760. The molecule has 0 saturated heterocycles. The van der Waals surface area contributed by atoms with Gasteiger partial charge >= 0.3 is 0 Å². The molecule has 17 heavy (non-hydrogen) atoms. The quantitative estimate of drug-likeness (QED) is 0.843. The molecule has 1 N–H and O–H groups in total. The van der Waals surface area contributed by atoms with E-state index in [4.69, 9.17) is 16.0 Å². The third kappa shape index (κ3) is 3.87. The zero-order chi connectivity index (χ0) is 12.1. The number of benzene rings is 1. The Hall–Kier alpha value is -0.770. The van der Waals surface area contributed by atoms with Crippen molar-refractivity contribution in [1.29, 1.82) is 0 Å². The van der Waals surface area contributed by atoms with Gasteiger partial charge in [-0.25, -0.2) is 0 Å². The first-order valence-electron chi connectivity index (χ1n) is 5.43. The van der Waals surface area contributed by atoms with Crippen molar-refractivity contribution in [2.24, 2.45) is 0 Å². The molecule has 2 rings (SSSR count). The zero-order valence-corrected chi connectivity index (χ0v) is 11.6. The average molecular weight is 315 g/mol. The van der Waals surface area contributed by atoms with Gasteiger partial charge in [-0.1, -0.05) is 27.5 Å². The molecule has 0 saturated carbocycles. The van der Waals surface area contributed by atoms with Gasteiger partial charge in [-0.05, 0) is 35.9 Å². The van der Waals surface area contributed by atoms with Crippen LogP contribution in [0.1, 0.15) is 11.3 Å². The molecular weight excluding hydrogens is 302 g/mol. The lowest BCUT2D eigenvalue weighted by Crippen LogP contribution is -2.16. The minimum atomic E-state index is 0.760. The Labute approximate surface area is 114 Å². The van der Waals surface area contributed by atoms with Crippen LogP contribution >= 0.6 is 27.5 Å². The summed E-state index contributed by atoms with van der Waals surface area (Å²) in [6, 6.07) is 9.69. The van der Waals surface area contributed by atoms with Gasteiger partial charge in [0.1, 0.15) is 5.76 Å². The molecule has 90 valence electrons. The first kappa shape index (κ1) is 12.7. The van der Waals surface area contributed by atoms with Gasteiger partial charge in [0.15, 0.2) is 0 Å². The van der Waals surface area contributed by atoms with Gasteiger partial charge in [-0.3, -0.25) is 0 Å². The highest BCUT2D eigenvalue weighted by Crippen LogP contribution is 2.20. The molecule has 0 aliphatic rings. The van der Waals surface area contributed by atoms with Gasteiger partial charge in [0, 0.05) is 29.0 Å². The second kappa shape index (κ2) is 6.24. The molecular formula is C13H13BrClNO. The first-order valence-corrected chi connectivity index (χ1v) is 6.60. The molecule has 1 aromatic heterocycles. The van der Waals surface area contributed by atoms with Crippen molar-refractivity contribution in [3.05, 3.63) is 57.4 Å². The van der Waals surface area contributed by atoms with Gasteiger partial charge < -0.3 is 9.73 Å². The van der Waals surface area contributed by atoms with E-state index < -0.39 is 0 Å². The van der Waals surface area contributed by atoms with E-state index in [1.165, 1.54) is 0 Å². The molecule has 0 radical (unpaired) electrons. The minimum Gasteiger partial charge on any atom is -0.469 e. The van der Waals surface area contributed by atoms with E-state index in [-0.39, 0.29) is 0 Å². The average Bonchev–Trinajstić information content (AvgIpc) is 2.82. The lowest BCUT2D eigenvalue weighted by Gasteiger charge is -2.06. The Kier molecular flexibility index (Phi) is 4.66. The van der Waals surface area contributed by atoms with Gasteiger partial charge in [0.2, 0.25) is 0 Å². The van der Waals surface area contributed by atoms with E-state index in [0.29, 0.717) is 0 Å². The molecule has 0 atom stereocenters. The Morgan fingerprint density at radius 2 is 2.18 bits per heavy atom. The van der Waals surface area contributed by atoms with Crippen LogP contribution in [-0.4, -0.2) is 6.54 Å². The maximum Gasteiger partial charge on any atom is 0.105 e. The highest BCUT2D eigenvalue weighted by atomic mass is 79.9. The fraction of sp³-hybridized carbons (Fsp3) is 0.231. The summed E-state index contributed by atoms with van der Waals surface area (Å²) in [5.41, 5.74) is 1.16. The van der Waals surface area contributed by atoms with Crippen LogP contribution in [0, 0.1) is 0 Å². The summed E-state index contributed by atoms with van der Waals surface area (Å²) in [5, 5.41) is 4.12. The standard InChI is InChI=1S/C13H13BrClNO/c14-13-4-3-11(15)8-10(13)9-16-6-5-12-2-1-7-17-12/h1-4,7-8,16H,5-6,9H2. The van der Waals surface area contributed by atoms with Crippen molar-refractivity contribution >= 4 is 27.5 Å². The summed E-state index contributed by atoms with van der Waals surface area (Å²) in [6.45, 7) is 1.67.